The number of aromatic nitrogens is 2. The van der Waals surface area contributed by atoms with Gasteiger partial charge < -0.3 is 9.84 Å². The zero-order chi connectivity index (χ0) is 21.9. The highest BCUT2D eigenvalue weighted by Gasteiger charge is 2.22. The van der Waals surface area contributed by atoms with Gasteiger partial charge in [0.05, 0.1) is 11.4 Å². The molecule has 0 spiro atoms. The van der Waals surface area contributed by atoms with E-state index in [1.165, 1.54) is 9.87 Å². The number of nitrogens with zero attached hydrogens (tertiary/aromatic N) is 3. The fraction of sp³-hybridized carbons (Fsp3) is 0.364. The Kier molecular flexibility index (Phi) is 6.58. The van der Waals surface area contributed by atoms with Crippen LogP contribution in [0.5, 0.6) is 0 Å². The fourth-order valence-electron chi connectivity index (χ4n) is 2.83. The minimum atomic E-state index is -3.49. The SMILES string of the molecule is CC(C)c1ccc(-c2noc(CNc3ccc(S(=O)(=O)N(C)C(C)C)cc3)n2)cc1. The summed E-state index contributed by atoms with van der Waals surface area (Å²) in [7, 11) is -1.91. The van der Waals surface area contributed by atoms with Crippen molar-refractivity contribution in [1.82, 2.24) is 14.4 Å². The van der Waals surface area contributed by atoms with Crippen molar-refractivity contribution in [3.63, 3.8) is 0 Å². The van der Waals surface area contributed by atoms with Gasteiger partial charge in [-0.25, -0.2) is 8.42 Å². The van der Waals surface area contributed by atoms with Gasteiger partial charge in [0.15, 0.2) is 0 Å². The van der Waals surface area contributed by atoms with Crippen molar-refractivity contribution in [1.29, 1.82) is 0 Å². The van der Waals surface area contributed by atoms with E-state index >= 15 is 0 Å². The van der Waals surface area contributed by atoms with Crippen molar-refractivity contribution in [2.75, 3.05) is 12.4 Å². The molecule has 0 bridgehead atoms. The van der Waals surface area contributed by atoms with E-state index in [9.17, 15) is 8.42 Å². The molecule has 3 rings (SSSR count). The van der Waals surface area contributed by atoms with Crippen molar-refractivity contribution < 1.29 is 12.9 Å². The molecule has 0 saturated carbocycles. The maximum Gasteiger partial charge on any atom is 0.246 e. The van der Waals surface area contributed by atoms with Crippen molar-refractivity contribution in [3.8, 4) is 11.4 Å². The van der Waals surface area contributed by atoms with E-state index in [-0.39, 0.29) is 10.9 Å². The first-order chi connectivity index (χ1) is 14.2. The molecule has 1 N–H and O–H groups in total. The van der Waals surface area contributed by atoms with Gasteiger partial charge in [-0.15, -0.1) is 0 Å². The summed E-state index contributed by atoms with van der Waals surface area (Å²) in [6.07, 6.45) is 0. The summed E-state index contributed by atoms with van der Waals surface area (Å²) in [5, 5.41) is 7.22. The first-order valence-corrected chi connectivity index (χ1v) is 11.4. The van der Waals surface area contributed by atoms with E-state index < -0.39 is 10.0 Å². The largest absolute Gasteiger partial charge is 0.376 e. The third kappa shape index (κ3) is 4.88. The topological polar surface area (TPSA) is 88.3 Å². The monoisotopic (exact) mass is 428 g/mol. The lowest BCUT2D eigenvalue weighted by atomic mass is 10.0. The molecular weight excluding hydrogens is 400 g/mol. The number of anilines is 1. The normalized spacial score (nSPS) is 12.1. The van der Waals surface area contributed by atoms with E-state index in [4.69, 9.17) is 4.52 Å². The predicted octanol–water partition coefficient (Wildman–Crippen LogP) is 4.50. The minimum Gasteiger partial charge on any atom is -0.376 e. The van der Waals surface area contributed by atoms with Crippen LogP contribution in [0.2, 0.25) is 0 Å². The number of hydrogen-bond donors (Lipinski definition) is 1. The summed E-state index contributed by atoms with van der Waals surface area (Å²) in [6, 6.07) is 14.6. The first-order valence-electron chi connectivity index (χ1n) is 9.93. The molecule has 1 heterocycles. The van der Waals surface area contributed by atoms with Crippen molar-refractivity contribution in [3.05, 3.63) is 60.0 Å². The second-order valence-electron chi connectivity index (χ2n) is 7.78. The van der Waals surface area contributed by atoms with Gasteiger partial charge in [-0.05, 0) is 49.6 Å². The molecule has 0 unspecified atom stereocenters. The second kappa shape index (κ2) is 8.97. The lowest BCUT2D eigenvalue weighted by Crippen LogP contribution is -2.33. The number of rotatable bonds is 8. The van der Waals surface area contributed by atoms with Crippen LogP contribution >= 0.6 is 0 Å². The molecule has 0 aliphatic heterocycles. The van der Waals surface area contributed by atoms with Gasteiger partial charge in [0, 0.05) is 24.3 Å². The summed E-state index contributed by atoms with van der Waals surface area (Å²) >= 11 is 0. The van der Waals surface area contributed by atoms with Crippen LogP contribution in [0.4, 0.5) is 5.69 Å². The van der Waals surface area contributed by atoms with Crippen LogP contribution in [0.25, 0.3) is 11.4 Å². The van der Waals surface area contributed by atoms with Crippen LogP contribution in [0.3, 0.4) is 0 Å². The number of hydrogen-bond acceptors (Lipinski definition) is 6. The Balaban J connectivity index is 1.64. The molecule has 0 atom stereocenters. The Morgan fingerprint density at radius 2 is 1.63 bits per heavy atom. The van der Waals surface area contributed by atoms with Crippen molar-refractivity contribution in [2.45, 2.75) is 51.1 Å². The standard InChI is InChI=1S/C22H28N4O3S/c1-15(2)17-6-8-18(9-7-17)22-24-21(29-25-22)14-23-19-10-12-20(13-11-19)30(27,28)26(5)16(3)4/h6-13,15-16,23H,14H2,1-5H3. The minimum absolute atomic E-state index is 0.110. The molecule has 8 heteroatoms. The molecule has 1 aromatic heterocycles. The summed E-state index contributed by atoms with van der Waals surface area (Å²) < 4.78 is 31.7. The molecular formula is C22H28N4O3S. The molecule has 0 aliphatic rings. The predicted molar refractivity (Wildman–Crippen MR) is 118 cm³/mol. The molecule has 0 saturated heterocycles. The summed E-state index contributed by atoms with van der Waals surface area (Å²) in [5.41, 5.74) is 2.93. The van der Waals surface area contributed by atoms with Crippen LogP contribution in [0, 0.1) is 0 Å². The van der Waals surface area contributed by atoms with Crippen LogP contribution in [0.15, 0.2) is 57.9 Å². The molecule has 160 valence electrons. The lowest BCUT2D eigenvalue weighted by Gasteiger charge is -2.21. The van der Waals surface area contributed by atoms with Crippen LogP contribution in [-0.2, 0) is 16.6 Å². The van der Waals surface area contributed by atoms with Gasteiger partial charge in [-0.2, -0.15) is 9.29 Å². The van der Waals surface area contributed by atoms with E-state index in [2.05, 4.69) is 41.4 Å². The van der Waals surface area contributed by atoms with Gasteiger partial charge in [-0.1, -0.05) is 43.3 Å². The van der Waals surface area contributed by atoms with Crippen molar-refractivity contribution in [2.24, 2.45) is 0 Å². The Hall–Kier alpha value is -2.71. The quantitative estimate of drug-likeness (QED) is 0.568. The van der Waals surface area contributed by atoms with E-state index in [1.807, 2.05) is 26.0 Å². The van der Waals surface area contributed by atoms with E-state index in [0.29, 0.717) is 24.2 Å². The zero-order valence-corrected chi connectivity index (χ0v) is 18.8. The molecule has 0 amide bonds. The van der Waals surface area contributed by atoms with Gasteiger partial charge in [0.25, 0.3) is 0 Å². The molecule has 0 aliphatic carbocycles. The Labute approximate surface area is 178 Å². The summed E-state index contributed by atoms with van der Waals surface area (Å²) in [5.74, 6) is 1.46. The highest BCUT2D eigenvalue weighted by molar-refractivity contribution is 7.89. The summed E-state index contributed by atoms with van der Waals surface area (Å²) in [6.45, 7) is 8.32. The Bertz CT molecular complexity index is 1070. The molecule has 0 radical (unpaired) electrons. The average molecular weight is 429 g/mol. The maximum atomic E-state index is 12.5. The number of nitrogens with one attached hydrogen (secondary N) is 1. The van der Waals surface area contributed by atoms with Gasteiger partial charge in [-0.3, -0.25) is 0 Å². The Morgan fingerprint density at radius 1 is 1.00 bits per heavy atom. The molecule has 7 nitrogen and oxygen atoms in total. The third-order valence-corrected chi connectivity index (χ3v) is 7.05. The fourth-order valence-corrected chi connectivity index (χ4v) is 4.19. The van der Waals surface area contributed by atoms with Crippen LogP contribution < -0.4 is 5.32 Å². The van der Waals surface area contributed by atoms with Crippen molar-refractivity contribution >= 4 is 15.7 Å². The van der Waals surface area contributed by atoms with Crippen LogP contribution in [-0.4, -0.2) is 36.0 Å². The lowest BCUT2D eigenvalue weighted by molar-refractivity contribution is 0.384. The molecule has 2 aromatic carbocycles. The van der Waals surface area contributed by atoms with Gasteiger partial charge in [0.2, 0.25) is 21.7 Å². The highest BCUT2D eigenvalue weighted by Crippen LogP contribution is 2.22. The van der Waals surface area contributed by atoms with Gasteiger partial charge >= 0.3 is 0 Å². The highest BCUT2D eigenvalue weighted by atomic mass is 32.2. The molecule has 0 fully saturated rings. The third-order valence-electron chi connectivity index (χ3n) is 5.01. The van der Waals surface area contributed by atoms with E-state index in [0.717, 1.165) is 11.3 Å². The average Bonchev–Trinajstić information content (AvgIpc) is 3.21. The first kappa shape index (κ1) is 22.0. The smallest absolute Gasteiger partial charge is 0.246 e. The Morgan fingerprint density at radius 3 is 2.20 bits per heavy atom. The summed E-state index contributed by atoms with van der Waals surface area (Å²) in [4.78, 5) is 4.69. The van der Waals surface area contributed by atoms with Gasteiger partial charge in [0.1, 0.15) is 0 Å². The number of sulfonamides is 1. The number of benzene rings is 2. The van der Waals surface area contributed by atoms with E-state index in [1.54, 1.807) is 31.3 Å². The maximum absolute atomic E-state index is 12.5. The zero-order valence-electron chi connectivity index (χ0n) is 18.0. The van der Waals surface area contributed by atoms with Crippen LogP contribution in [0.1, 0.15) is 45.1 Å². The molecule has 3 aromatic rings. The molecule has 30 heavy (non-hydrogen) atoms. The second-order valence-corrected chi connectivity index (χ2v) is 9.78.